The van der Waals surface area contributed by atoms with Crippen LogP contribution in [0.25, 0.3) is 5.69 Å². The molecule has 4 rings (SSSR count). The van der Waals surface area contributed by atoms with E-state index in [1.54, 1.807) is 18.9 Å². The number of rotatable bonds is 4. The number of nitrogens with two attached hydrogens (primary N) is 1. The largest absolute Gasteiger partial charge is 0.493 e. The highest BCUT2D eigenvalue weighted by atomic mass is 16.5. The van der Waals surface area contributed by atoms with Crippen molar-refractivity contribution in [2.24, 2.45) is 5.73 Å². The summed E-state index contributed by atoms with van der Waals surface area (Å²) in [5, 5.41) is 14.6. The molecule has 1 aromatic heterocycles. The number of nitrogens with zero attached hydrogens (tertiary/aromatic N) is 3. The van der Waals surface area contributed by atoms with E-state index in [1.807, 2.05) is 56.3 Å². The number of para-hydroxylation sites is 1. The molecule has 7 nitrogen and oxygen atoms in total. The SMILES string of the molecule is COc1cccc([C@H]2C(C#N)=C(N)Oc3c2c(C)nn3-c2ccc(C)cc2)c1OC. The molecule has 3 aromatic rings. The average Bonchev–Trinajstić information content (AvgIpc) is 3.08. The Balaban J connectivity index is 1.98. The summed E-state index contributed by atoms with van der Waals surface area (Å²) in [6.07, 6.45) is 0. The fourth-order valence-corrected chi connectivity index (χ4v) is 3.83. The van der Waals surface area contributed by atoms with E-state index in [9.17, 15) is 5.26 Å². The molecule has 0 unspecified atom stereocenters. The van der Waals surface area contributed by atoms with E-state index in [1.165, 1.54) is 0 Å². The first-order chi connectivity index (χ1) is 14.5. The second-order valence-electron chi connectivity index (χ2n) is 7.06. The number of aryl methyl sites for hydroxylation is 2. The molecule has 30 heavy (non-hydrogen) atoms. The Morgan fingerprint density at radius 3 is 2.47 bits per heavy atom. The predicted octanol–water partition coefficient (Wildman–Crippen LogP) is 3.72. The summed E-state index contributed by atoms with van der Waals surface area (Å²) in [6, 6.07) is 15.7. The van der Waals surface area contributed by atoms with Crippen molar-refractivity contribution in [3.8, 4) is 29.1 Å². The number of methoxy groups -OCH3 is 2. The molecule has 7 heteroatoms. The number of nitriles is 1. The average molecular weight is 402 g/mol. The molecule has 1 aliphatic heterocycles. The Morgan fingerprint density at radius 1 is 1.10 bits per heavy atom. The maximum absolute atomic E-state index is 9.89. The van der Waals surface area contributed by atoms with E-state index >= 15 is 0 Å². The Labute approximate surface area is 174 Å². The molecule has 1 atom stereocenters. The summed E-state index contributed by atoms with van der Waals surface area (Å²) in [7, 11) is 3.15. The summed E-state index contributed by atoms with van der Waals surface area (Å²) >= 11 is 0. The normalized spacial score (nSPS) is 15.2. The molecule has 0 spiro atoms. The van der Waals surface area contributed by atoms with Crippen molar-refractivity contribution < 1.29 is 14.2 Å². The summed E-state index contributed by atoms with van der Waals surface area (Å²) in [5.41, 5.74) is 10.8. The summed E-state index contributed by atoms with van der Waals surface area (Å²) < 4.78 is 18.7. The highest BCUT2D eigenvalue weighted by Crippen LogP contribution is 2.48. The maximum atomic E-state index is 9.89. The van der Waals surface area contributed by atoms with Crippen LogP contribution in [-0.2, 0) is 0 Å². The van der Waals surface area contributed by atoms with Gasteiger partial charge in [0.05, 0.1) is 37.1 Å². The number of hydrogen-bond donors (Lipinski definition) is 1. The quantitative estimate of drug-likeness (QED) is 0.715. The molecule has 152 valence electrons. The number of fused-ring (bicyclic) bond motifs is 1. The second-order valence-corrected chi connectivity index (χ2v) is 7.06. The van der Waals surface area contributed by atoms with E-state index in [0.717, 1.165) is 28.1 Å². The molecule has 2 heterocycles. The first-order valence-corrected chi connectivity index (χ1v) is 9.45. The van der Waals surface area contributed by atoms with Gasteiger partial charge in [0.1, 0.15) is 11.6 Å². The smallest absolute Gasteiger partial charge is 0.229 e. The zero-order chi connectivity index (χ0) is 21.4. The lowest BCUT2D eigenvalue weighted by molar-refractivity contribution is 0.346. The topological polar surface area (TPSA) is 95.3 Å². The van der Waals surface area contributed by atoms with Gasteiger partial charge < -0.3 is 19.9 Å². The van der Waals surface area contributed by atoms with E-state index in [0.29, 0.717) is 23.0 Å². The van der Waals surface area contributed by atoms with Crippen molar-refractivity contribution in [3.63, 3.8) is 0 Å². The first-order valence-electron chi connectivity index (χ1n) is 9.45. The van der Waals surface area contributed by atoms with E-state index in [4.69, 9.17) is 25.0 Å². The lowest BCUT2D eigenvalue weighted by Gasteiger charge is -2.26. The molecule has 1 aliphatic rings. The van der Waals surface area contributed by atoms with Gasteiger partial charge in [-0.05, 0) is 32.0 Å². The van der Waals surface area contributed by atoms with Crippen LogP contribution in [0.2, 0.25) is 0 Å². The Hall–Kier alpha value is -3.92. The summed E-state index contributed by atoms with van der Waals surface area (Å²) in [6.45, 7) is 3.91. The number of hydrogen-bond acceptors (Lipinski definition) is 6. The number of aromatic nitrogens is 2. The van der Waals surface area contributed by atoms with Crippen LogP contribution in [0.15, 0.2) is 53.9 Å². The van der Waals surface area contributed by atoms with Gasteiger partial charge in [-0.2, -0.15) is 10.4 Å². The zero-order valence-electron chi connectivity index (χ0n) is 17.3. The minimum atomic E-state index is -0.497. The van der Waals surface area contributed by atoms with Crippen molar-refractivity contribution in [3.05, 3.63) is 76.3 Å². The molecule has 2 N–H and O–H groups in total. The monoisotopic (exact) mass is 402 g/mol. The number of ether oxygens (including phenoxy) is 3. The van der Waals surface area contributed by atoms with Crippen molar-refractivity contribution in [2.45, 2.75) is 19.8 Å². The van der Waals surface area contributed by atoms with Gasteiger partial charge in [0.25, 0.3) is 0 Å². The van der Waals surface area contributed by atoms with Crippen LogP contribution < -0.4 is 19.9 Å². The predicted molar refractivity (Wildman–Crippen MR) is 112 cm³/mol. The third kappa shape index (κ3) is 2.94. The molecule has 0 fully saturated rings. The third-order valence-electron chi connectivity index (χ3n) is 5.26. The van der Waals surface area contributed by atoms with Gasteiger partial charge in [-0.25, -0.2) is 4.68 Å². The van der Waals surface area contributed by atoms with Crippen LogP contribution in [0.3, 0.4) is 0 Å². The van der Waals surface area contributed by atoms with Gasteiger partial charge in [-0.1, -0.05) is 29.8 Å². The van der Waals surface area contributed by atoms with Crippen LogP contribution in [-0.4, -0.2) is 24.0 Å². The van der Waals surface area contributed by atoms with Crippen molar-refractivity contribution in [2.75, 3.05) is 14.2 Å². The van der Waals surface area contributed by atoms with E-state index < -0.39 is 5.92 Å². The zero-order valence-corrected chi connectivity index (χ0v) is 17.3. The Morgan fingerprint density at radius 2 is 1.83 bits per heavy atom. The summed E-state index contributed by atoms with van der Waals surface area (Å²) in [5.74, 6) is 1.15. The lowest BCUT2D eigenvalue weighted by atomic mass is 9.83. The van der Waals surface area contributed by atoms with E-state index in [2.05, 4.69) is 6.07 Å². The summed E-state index contributed by atoms with van der Waals surface area (Å²) in [4.78, 5) is 0. The van der Waals surface area contributed by atoms with Crippen molar-refractivity contribution in [1.29, 1.82) is 5.26 Å². The van der Waals surface area contributed by atoms with Crippen LogP contribution >= 0.6 is 0 Å². The molecular weight excluding hydrogens is 380 g/mol. The fraction of sp³-hybridized carbons (Fsp3) is 0.217. The van der Waals surface area contributed by atoms with Crippen LogP contribution in [0.1, 0.15) is 28.3 Å². The van der Waals surface area contributed by atoms with Crippen molar-refractivity contribution >= 4 is 0 Å². The molecule has 0 saturated heterocycles. The van der Waals surface area contributed by atoms with Gasteiger partial charge in [-0.3, -0.25) is 0 Å². The molecular formula is C23H22N4O3. The molecule has 0 aliphatic carbocycles. The highest BCUT2D eigenvalue weighted by Gasteiger charge is 2.38. The highest BCUT2D eigenvalue weighted by molar-refractivity contribution is 5.62. The van der Waals surface area contributed by atoms with E-state index in [-0.39, 0.29) is 5.88 Å². The van der Waals surface area contributed by atoms with Crippen LogP contribution in [0.5, 0.6) is 17.4 Å². The second kappa shape index (κ2) is 7.48. The number of benzene rings is 2. The minimum Gasteiger partial charge on any atom is -0.493 e. The van der Waals surface area contributed by atoms with Crippen molar-refractivity contribution in [1.82, 2.24) is 9.78 Å². The maximum Gasteiger partial charge on any atom is 0.229 e. The molecule has 0 bridgehead atoms. The van der Waals surface area contributed by atoms with Gasteiger partial charge in [0, 0.05) is 5.56 Å². The third-order valence-corrected chi connectivity index (χ3v) is 5.26. The Bertz CT molecular complexity index is 1190. The standard InChI is InChI=1S/C23H22N4O3/c1-13-8-10-15(11-9-13)27-23-19(14(2)26-27)20(17(12-24)22(25)30-23)16-6-5-7-18(28-3)21(16)29-4/h5-11,20H,25H2,1-4H3/t20-/m0/s1. The minimum absolute atomic E-state index is 0.0492. The fourth-order valence-electron chi connectivity index (χ4n) is 3.83. The van der Waals surface area contributed by atoms with Gasteiger partial charge in [0.2, 0.25) is 11.8 Å². The molecule has 0 saturated carbocycles. The molecule has 0 radical (unpaired) electrons. The van der Waals surface area contributed by atoms with Gasteiger partial charge >= 0.3 is 0 Å². The number of allylic oxidation sites excluding steroid dienone is 1. The van der Waals surface area contributed by atoms with Gasteiger partial charge in [-0.15, -0.1) is 0 Å². The van der Waals surface area contributed by atoms with Gasteiger partial charge in [0.15, 0.2) is 11.5 Å². The van der Waals surface area contributed by atoms with Crippen LogP contribution in [0.4, 0.5) is 0 Å². The molecule has 2 aromatic carbocycles. The lowest BCUT2D eigenvalue weighted by Crippen LogP contribution is -2.22. The first kappa shape index (κ1) is 19.4. The van der Waals surface area contributed by atoms with Crippen LogP contribution in [0, 0.1) is 25.2 Å². The molecule has 0 amide bonds. The Kier molecular flexibility index (Phi) is 4.84.